The van der Waals surface area contributed by atoms with E-state index in [0.717, 1.165) is 10.0 Å². The Morgan fingerprint density at radius 1 is 1.53 bits per heavy atom. The maximum Gasteiger partial charge on any atom is 0.330 e. The van der Waals surface area contributed by atoms with E-state index in [-0.39, 0.29) is 5.97 Å². The highest BCUT2D eigenvalue weighted by molar-refractivity contribution is 7.16. The lowest BCUT2D eigenvalue weighted by atomic mass is 10.4. The third kappa shape index (κ3) is 4.82. The molecule has 0 radical (unpaired) electrons. The first-order valence-electron chi connectivity index (χ1n) is 5.28. The largest absolute Gasteiger partial charge is 0.463 e. The maximum atomic E-state index is 11.0. The summed E-state index contributed by atoms with van der Waals surface area (Å²) in [5.41, 5.74) is 0. The van der Waals surface area contributed by atoms with Crippen LogP contribution in [0.3, 0.4) is 0 Å². The second kappa shape index (κ2) is 6.85. The Balaban J connectivity index is 2.50. The summed E-state index contributed by atoms with van der Waals surface area (Å²) in [6.45, 7) is 2.18. The minimum Gasteiger partial charge on any atom is -0.463 e. The average Bonchev–Trinajstić information content (AvgIpc) is 2.73. The molecule has 0 aliphatic heterocycles. The summed E-state index contributed by atoms with van der Waals surface area (Å²) in [7, 11) is 3.90. The Morgan fingerprint density at radius 2 is 2.29 bits per heavy atom. The molecule has 1 heterocycles. The normalized spacial score (nSPS) is 11.2. The van der Waals surface area contributed by atoms with Crippen LogP contribution in [0.5, 0.6) is 0 Å². The van der Waals surface area contributed by atoms with Gasteiger partial charge in [-0.2, -0.15) is 0 Å². The molecule has 0 saturated heterocycles. The number of aromatic nitrogens is 1. The van der Waals surface area contributed by atoms with Crippen molar-refractivity contribution in [2.75, 3.05) is 25.6 Å². The first-order valence-corrected chi connectivity index (χ1v) is 6.09. The molecule has 0 amide bonds. The zero-order chi connectivity index (χ0) is 12.7. The quantitative estimate of drug-likeness (QED) is 0.458. The molecule has 4 nitrogen and oxygen atoms in total. The van der Waals surface area contributed by atoms with E-state index < -0.39 is 0 Å². The van der Waals surface area contributed by atoms with Crippen LogP contribution >= 0.6 is 11.3 Å². The number of allylic oxidation sites excluding steroid dienone is 2. The van der Waals surface area contributed by atoms with Crippen LogP contribution in [0.2, 0.25) is 0 Å². The second-order valence-corrected chi connectivity index (χ2v) is 4.45. The first-order chi connectivity index (χ1) is 8.13. The van der Waals surface area contributed by atoms with Gasteiger partial charge in [-0.1, -0.05) is 23.5 Å². The van der Waals surface area contributed by atoms with Crippen molar-refractivity contribution in [2.24, 2.45) is 0 Å². The van der Waals surface area contributed by atoms with Crippen molar-refractivity contribution in [3.63, 3.8) is 0 Å². The monoisotopic (exact) mass is 252 g/mol. The van der Waals surface area contributed by atoms with Crippen molar-refractivity contribution in [3.8, 4) is 0 Å². The van der Waals surface area contributed by atoms with Gasteiger partial charge in [0.25, 0.3) is 0 Å². The van der Waals surface area contributed by atoms with Crippen LogP contribution in [-0.4, -0.2) is 31.7 Å². The van der Waals surface area contributed by atoms with E-state index in [2.05, 4.69) is 4.98 Å². The number of carbonyl (C=O) groups excluding carboxylic acids is 1. The molecule has 17 heavy (non-hydrogen) atoms. The van der Waals surface area contributed by atoms with Gasteiger partial charge in [-0.25, -0.2) is 9.78 Å². The number of thiazole rings is 1. The van der Waals surface area contributed by atoms with Gasteiger partial charge in [0.1, 0.15) is 0 Å². The fourth-order valence-electron chi connectivity index (χ4n) is 1.04. The van der Waals surface area contributed by atoms with Gasteiger partial charge >= 0.3 is 5.97 Å². The fraction of sp³-hybridized carbons (Fsp3) is 0.333. The van der Waals surface area contributed by atoms with Gasteiger partial charge in [-0.3, -0.25) is 0 Å². The highest BCUT2D eigenvalue weighted by Crippen LogP contribution is 2.21. The number of anilines is 1. The lowest BCUT2D eigenvalue weighted by molar-refractivity contribution is -0.137. The molecule has 1 aromatic rings. The SMILES string of the molecule is CCOC(=O)/C=C/C=C/c1cnc(N(C)C)s1. The third-order valence-electron chi connectivity index (χ3n) is 1.78. The van der Waals surface area contributed by atoms with E-state index in [9.17, 15) is 4.79 Å². The van der Waals surface area contributed by atoms with Crippen LogP contribution in [0.4, 0.5) is 5.13 Å². The molecule has 0 saturated carbocycles. The van der Waals surface area contributed by atoms with Crippen molar-refractivity contribution < 1.29 is 9.53 Å². The van der Waals surface area contributed by atoms with Gasteiger partial charge in [0.15, 0.2) is 5.13 Å². The number of hydrogen-bond donors (Lipinski definition) is 0. The van der Waals surface area contributed by atoms with Crippen LogP contribution in [0.15, 0.2) is 24.4 Å². The zero-order valence-corrected chi connectivity index (χ0v) is 11.0. The Bertz CT molecular complexity index is 422. The van der Waals surface area contributed by atoms with E-state index in [1.807, 2.05) is 25.1 Å². The molecular formula is C12H16N2O2S. The van der Waals surface area contributed by atoms with Crippen LogP contribution < -0.4 is 4.90 Å². The standard InChI is InChI=1S/C12H16N2O2S/c1-4-16-11(15)8-6-5-7-10-9-13-12(17-10)14(2)3/h5-9H,4H2,1-3H3/b7-5+,8-6+. The van der Waals surface area contributed by atoms with Crippen LogP contribution in [0.1, 0.15) is 11.8 Å². The predicted octanol–water partition coefficient (Wildman–Crippen LogP) is 2.34. The number of esters is 1. The molecule has 92 valence electrons. The summed E-state index contributed by atoms with van der Waals surface area (Å²) >= 11 is 1.59. The number of nitrogens with zero attached hydrogens (tertiary/aromatic N) is 2. The highest BCUT2D eigenvalue weighted by Gasteiger charge is 1.99. The van der Waals surface area contributed by atoms with Crippen molar-refractivity contribution in [1.82, 2.24) is 4.98 Å². The summed E-state index contributed by atoms with van der Waals surface area (Å²) in [4.78, 5) is 18.2. The van der Waals surface area contributed by atoms with E-state index in [4.69, 9.17) is 4.74 Å². The molecule has 0 atom stereocenters. The molecule has 0 aliphatic carbocycles. The van der Waals surface area contributed by atoms with E-state index in [1.165, 1.54) is 6.08 Å². The highest BCUT2D eigenvalue weighted by atomic mass is 32.1. The molecule has 0 N–H and O–H groups in total. The second-order valence-electron chi connectivity index (χ2n) is 3.41. The lowest BCUT2D eigenvalue weighted by Gasteiger charge is -2.04. The minimum atomic E-state index is -0.324. The first kappa shape index (κ1) is 13.4. The topological polar surface area (TPSA) is 42.4 Å². The minimum absolute atomic E-state index is 0.324. The fourth-order valence-corrected chi connectivity index (χ4v) is 1.79. The summed E-state index contributed by atoms with van der Waals surface area (Å²) in [5.74, 6) is -0.324. The Morgan fingerprint density at radius 3 is 2.88 bits per heavy atom. The van der Waals surface area contributed by atoms with Gasteiger partial charge in [-0.15, -0.1) is 0 Å². The van der Waals surface area contributed by atoms with Crippen LogP contribution in [0, 0.1) is 0 Å². The molecular weight excluding hydrogens is 236 g/mol. The molecule has 1 aromatic heterocycles. The molecule has 0 unspecified atom stereocenters. The molecule has 1 rings (SSSR count). The zero-order valence-electron chi connectivity index (χ0n) is 10.2. The van der Waals surface area contributed by atoms with Crippen molar-refractivity contribution in [3.05, 3.63) is 29.3 Å². The van der Waals surface area contributed by atoms with Gasteiger partial charge in [0.05, 0.1) is 6.61 Å². The Kier molecular flexibility index (Phi) is 5.42. The van der Waals surface area contributed by atoms with Crippen molar-refractivity contribution in [1.29, 1.82) is 0 Å². The van der Waals surface area contributed by atoms with Crippen LogP contribution in [-0.2, 0) is 9.53 Å². The summed E-state index contributed by atoms with van der Waals surface area (Å²) in [6.07, 6.45) is 8.56. The molecule has 0 fully saturated rings. The van der Waals surface area contributed by atoms with Crippen molar-refractivity contribution >= 4 is 28.5 Å². The Hall–Kier alpha value is -1.62. The number of hydrogen-bond acceptors (Lipinski definition) is 5. The number of rotatable bonds is 5. The summed E-state index contributed by atoms with van der Waals surface area (Å²) in [5, 5.41) is 0.957. The van der Waals surface area contributed by atoms with E-state index in [1.54, 1.807) is 36.6 Å². The number of ether oxygens (including phenoxy) is 1. The molecule has 0 aliphatic rings. The van der Waals surface area contributed by atoms with Gasteiger partial charge in [0.2, 0.25) is 0 Å². The van der Waals surface area contributed by atoms with Crippen LogP contribution in [0.25, 0.3) is 6.08 Å². The van der Waals surface area contributed by atoms with Gasteiger partial charge in [0, 0.05) is 31.2 Å². The third-order valence-corrected chi connectivity index (χ3v) is 2.91. The van der Waals surface area contributed by atoms with Crippen molar-refractivity contribution in [2.45, 2.75) is 6.92 Å². The van der Waals surface area contributed by atoms with Gasteiger partial charge < -0.3 is 9.64 Å². The Labute approximate surface area is 105 Å². The van der Waals surface area contributed by atoms with E-state index in [0.29, 0.717) is 6.61 Å². The molecule has 5 heteroatoms. The smallest absolute Gasteiger partial charge is 0.330 e. The summed E-state index contributed by atoms with van der Waals surface area (Å²) < 4.78 is 4.75. The molecule has 0 spiro atoms. The molecule has 0 aromatic carbocycles. The van der Waals surface area contributed by atoms with Gasteiger partial charge in [-0.05, 0) is 13.0 Å². The van der Waals surface area contributed by atoms with E-state index >= 15 is 0 Å². The predicted molar refractivity (Wildman–Crippen MR) is 71.2 cm³/mol. The summed E-state index contributed by atoms with van der Waals surface area (Å²) in [6, 6.07) is 0. The maximum absolute atomic E-state index is 11.0. The average molecular weight is 252 g/mol. The number of carbonyl (C=O) groups is 1. The molecule has 0 bridgehead atoms. The lowest BCUT2D eigenvalue weighted by Crippen LogP contribution is -2.07.